The van der Waals surface area contributed by atoms with E-state index in [9.17, 15) is 9.59 Å². The third-order valence-electron chi connectivity index (χ3n) is 6.02. The standard InChI is InChI=1S/C28H27N5O4/c1-31(2)14-15-32-24-17-20(12-13-25(24)37-28(32)35)29-27(34)23-18-33(21-9-5-4-6-10-21)30-26(23)19-8-7-11-22(16-19)36-3/h4-13,16-18H,14-15H2,1-3H3,(H,29,34). The van der Waals surface area contributed by atoms with Crippen LogP contribution in [0.5, 0.6) is 5.75 Å². The summed E-state index contributed by atoms with van der Waals surface area (Å²) >= 11 is 0. The van der Waals surface area contributed by atoms with Gasteiger partial charge in [-0.3, -0.25) is 9.36 Å². The summed E-state index contributed by atoms with van der Waals surface area (Å²) < 4.78 is 14.0. The minimum Gasteiger partial charge on any atom is -0.497 e. The molecule has 1 amide bonds. The number of anilines is 1. The predicted molar refractivity (Wildman–Crippen MR) is 143 cm³/mol. The first-order valence-electron chi connectivity index (χ1n) is 11.8. The number of oxazole rings is 1. The molecule has 0 saturated heterocycles. The Morgan fingerprint density at radius 2 is 1.86 bits per heavy atom. The number of aromatic nitrogens is 3. The molecule has 0 aliphatic heterocycles. The van der Waals surface area contributed by atoms with E-state index in [-0.39, 0.29) is 5.91 Å². The topological polar surface area (TPSA) is 94.5 Å². The Bertz CT molecular complexity index is 1610. The molecule has 0 spiro atoms. The number of nitrogens with one attached hydrogen (secondary N) is 1. The molecule has 0 unspecified atom stereocenters. The average Bonchev–Trinajstić information content (AvgIpc) is 3.49. The minimum absolute atomic E-state index is 0.329. The maximum Gasteiger partial charge on any atom is 0.419 e. The molecule has 0 bridgehead atoms. The van der Waals surface area contributed by atoms with Gasteiger partial charge in [0.15, 0.2) is 5.58 Å². The second-order valence-corrected chi connectivity index (χ2v) is 8.86. The molecule has 188 valence electrons. The quantitative estimate of drug-likeness (QED) is 0.344. The van der Waals surface area contributed by atoms with E-state index in [4.69, 9.17) is 14.3 Å². The summed E-state index contributed by atoms with van der Waals surface area (Å²) in [6, 6.07) is 22.2. The molecule has 9 nitrogen and oxygen atoms in total. The lowest BCUT2D eigenvalue weighted by atomic mass is 10.1. The van der Waals surface area contributed by atoms with Crippen molar-refractivity contribution >= 4 is 22.7 Å². The van der Waals surface area contributed by atoms with Gasteiger partial charge in [0.1, 0.15) is 11.4 Å². The number of ether oxygens (including phenoxy) is 1. The fourth-order valence-electron chi connectivity index (χ4n) is 4.09. The highest BCUT2D eigenvalue weighted by molar-refractivity contribution is 6.08. The highest BCUT2D eigenvalue weighted by atomic mass is 16.5. The van der Waals surface area contributed by atoms with Crippen molar-refractivity contribution in [3.8, 4) is 22.7 Å². The van der Waals surface area contributed by atoms with Crippen molar-refractivity contribution in [3.05, 3.63) is 95.1 Å². The van der Waals surface area contributed by atoms with E-state index < -0.39 is 5.76 Å². The van der Waals surface area contributed by atoms with Crippen LogP contribution in [0.4, 0.5) is 5.69 Å². The first-order chi connectivity index (χ1) is 17.9. The SMILES string of the molecule is COc1cccc(-c2nn(-c3ccccc3)cc2C(=O)Nc2ccc3oc(=O)n(CCN(C)C)c3c2)c1. The Balaban J connectivity index is 1.52. The molecule has 0 aliphatic rings. The molecule has 1 N–H and O–H groups in total. The first kappa shape index (κ1) is 24.1. The molecule has 37 heavy (non-hydrogen) atoms. The van der Waals surface area contributed by atoms with Gasteiger partial charge in [0, 0.05) is 30.5 Å². The summed E-state index contributed by atoms with van der Waals surface area (Å²) in [5.74, 6) is -0.0889. The number of likely N-dealkylation sites (N-methyl/N-ethyl adjacent to an activating group) is 1. The fraction of sp³-hybridized carbons (Fsp3) is 0.179. The van der Waals surface area contributed by atoms with Crippen molar-refractivity contribution in [1.82, 2.24) is 19.2 Å². The van der Waals surface area contributed by atoms with Crippen LogP contribution >= 0.6 is 0 Å². The van der Waals surface area contributed by atoms with Crippen LogP contribution in [0.2, 0.25) is 0 Å². The summed E-state index contributed by atoms with van der Waals surface area (Å²) in [6.45, 7) is 1.15. The fourth-order valence-corrected chi connectivity index (χ4v) is 4.09. The molecule has 0 aliphatic carbocycles. The number of benzene rings is 3. The normalized spacial score (nSPS) is 11.2. The van der Waals surface area contributed by atoms with Crippen LogP contribution in [0.15, 0.2) is 88.2 Å². The average molecular weight is 498 g/mol. The highest BCUT2D eigenvalue weighted by Gasteiger charge is 2.20. The van der Waals surface area contributed by atoms with Crippen LogP contribution in [-0.4, -0.2) is 52.9 Å². The number of fused-ring (bicyclic) bond motifs is 1. The number of nitrogens with zero attached hydrogens (tertiary/aromatic N) is 4. The molecule has 0 atom stereocenters. The van der Waals surface area contributed by atoms with Crippen LogP contribution < -0.4 is 15.8 Å². The Labute approximate surface area is 213 Å². The molecule has 2 aromatic heterocycles. The van der Waals surface area contributed by atoms with Gasteiger partial charge in [-0.25, -0.2) is 9.48 Å². The van der Waals surface area contributed by atoms with E-state index in [1.165, 1.54) is 0 Å². The number of para-hydroxylation sites is 1. The van der Waals surface area contributed by atoms with E-state index in [0.29, 0.717) is 46.9 Å². The molecule has 5 aromatic rings. The number of methoxy groups -OCH3 is 1. The van der Waals surface area contributed by atoms with Crippen molar-refractivity contribution in [2.24, 2.45) is 0 Å². The number of hydrogen-bond donors (Lipinski definition) is 1. The maximum atomic E-state index is 13.6. The van der Waals surface area contributed by atoms with Crippen molar-refractivity contribution in [2.75, 3.05) is 33.1 Å². The summed E-state index contributed by atoms with van der Waals surface area (Å²) in [5, 5.41) is 7.70. The van der Waals surface area contributed by atoms with Gasteiger partial charge in [-0.2, -0.15) is 5.10 Å². The van der Waals surface area contributed by atoms with Crippen LogP contribution in [0.25, 0.3) is 28.0 Å². The zero-order valence-electron chi connectivity index (χ0n) is 20.8. The molecule has 0 radical (unpaired) electrons. The number of carbonyl (C=O) groups excluding carboxylic acids is 1. The summed E-state index contributed by atoms with van der Waals surface area (Å²) in [7, 11) is 5.47. The van der Waals surface area contributed by atoms with Gasteiger partial charge in [-0.1, -0.05) is 30.3 Å². The largest absolute Gasteiger partial charge is 0.497 e. The predicted octanol–water partition coefficient (Wildman–Crippen LogP) is 4.27. The monoisotopic (exact) mass is 497 g/mol. The van der Waals surface area contributed by atoms with Crippen LogP contribution in [0, 0.1) is 0 Å². The Morgan fingerprint density at radius 1 is 1.05 bits per heavy atom. The van der Waals surface area contributed by atoms with Gasteiger partial charge in [0.2, 0.25) is 0 Å². The molecule has 3 aromatic carbocycles. The van der Waals surface area contributed by atoms with E-state index in [1.54, 1.807) is 40.8 Å². The Morgan fingerprint density at radius 3 is 2.62 bits per heavy atom. The van der Waals surface area contributed by atoms with Crippen LogP contribution in [0.1, 0.15) is 10.4 Å². The summed E-state index contributed by atoms with van der Waals surface area (Å²) in [6.07, 6.45) is 1.71. The third kappa shape index (κ3) is 5.03. The van der Waals surface area contributed by atoms with Gasteiger partial charge in [0.05, 0.1) is 23.9 Å². The van der Waals surface area contributed by atoms with Crippen molar-refractivity contribution in [2.45, 2.75) is 6.54 Å². The lowest BCUT2D eigenvalue weighted by molar-refractivity contribution is 0.102. The van der Waals surface area contributed by atoms with Crippen LogP contribution in [-0.2, 0) is 6.54 Å². The molecular formula is C28H27N5O4. The van der Waals surface area contributed by atoms with Crippen molar-refractivity contribution in [1.29, 1.82) is 0 Å². The molecular weight excluding hydrogens is 470 g/mol. The lowest BCUT2D eigenvalue weighted by Gasteiger charge is -2.10. The lowest BCUT2D eigenvalue weighted by Crippen LogP contribution is -2.23. The number of hydrogen-bond acceptors (Lipinski definition) is 6. The van der Waals surface area contributed by atoms with Crippen molar-refractivity contribution in [3.63, 3.8) is 0 Å². The molecule has 0 fully saturated rings. The third-order valence-corrected chi connectivity index (χ3v) is 6.02. The molecule has 2 heterocycles. The maximum absolute atomic E-state index is 13.6. The van der Waals surface area contributed by atoms with Crippen LogP contribution in [0.3, 0.4) is 0 Å². The minimum atomic E-state index is -0.426. The van der Waals surface area contributed by atoms with Gasteiger partial charge in [-0.15, -0.1) is 0 Å². The second-order valence-electron chi connectivity index (χ2n) is 8.86. The molecule has 0 saturated carbocycles. The first-order valence-corrected chi connectivity index (χ1v) is 11.8. The van der Waals surface area contributed by atoms with E-state index >= 15 is 0 Å². The zero-order chi connectivity index (χ0) is 25.9. The number of amides is 1. The van der Waals surface area contributed by atoms with E-state index in [0.717, 1.165) is 11.3 Å². The summed E-state index contributed by atoms with van der Waals surface area (Å²) in [5.41, 5.74) is 4.13. The molecule has 5 rings (SSSR count). The number of carbonyl (C=O) groups is 1. The van der Waals surface area contributed by atoms with E-state index in [2.05, 4.69) is 5.32 Å². The van der Waals surface area contributed by atoms with Gasteiger partial charge in [0.25, 0.3) is 5.91 Å². The van der Waals surface area contributed by atoms with Gasteiger partial charge < -0.3 is 19.4 Å². The van der Waals surface area contributed by atoms with Crippen molar-refractivity contribution < 1.29 is 13.9 Å². The second kappa shape index (κ2) is 10.2. The Hall–Kier alpha value is -4.63. The summed E-state index contributed by atoms with van der Waals surface area (Å²) in [4.78, 5) is 27.9. The Kier molecular flexibility index (Phi) is 6.61. The van der Waals surface area contributed by atoms with E-state index in [1.807, 2.05) is 73.6 Å². The zero-order valence-corrected chi connectivity index (χ0v) is 20.8. The smallest absolute Gasteiger partial charge is 0.419 e. The molecule has 9 heteroatoms. The number of rotatable bonds is 8. The highest BCUT2D eigenvalue weighted by Crippen LogP contribution is 2.28. The van der Waals surface area contributed by atoms with Gasteiger partial charge in [-0.05, 0) is 56.6 Å². The van der Waals surface area contributed by atoms with Gasteiger partial charge >= 0.3 is 5.76 Å².